The molecule has 0 amide bonds. The average molecular weight is 372 g/mol. The molecule has 0 saturated carbocycles. The van der Waals surface area contributed by atoms with E-state index in [1.54, 1.807) is 12.1 Å². The molecule has 2 nitrogen and oxygen atoms in total. The summed E-state index contributed by atoms with van der Waals surface area (Å²) < 4.78 is 14.8. The zero-order chi connectivity index (χ0) is 15.6. The van der Waals surface area contributed by atoms with E-state index < -0.39 is 5.82 Å². The van der Waals surface area contributed by atoms with Crippen LogP contribution >= 0.6 is 27.5 Å². The van der Waals surface area contributed by atoms with Crippen molar-refractivity contribution in [3.63, 3.8) is 0 Å². The quantitative estimate of drug-likeness (QED) is 0.468. The van der Waals surface area contributed by atoms with Crippen LogP contribution in [-0.2, 0) is 6.42 Å². The molecule has 0 aliphatic rings. The van der Waals surface area contributed by atoms with Crippen LogP contribution < -0.4 is 11.3 Å². The van der Waals surface area contributed by atoms with Crippen molar-refractivity contribution in [3.05, 3.63) is 67.9 Å². The molecule has 0 radical (unpaired) electrons. The van der Waals surface area contributed by atoms with Crippen LogP contribution in [0.1, 0.15) is 28.3 Å². The van der Waals surface area contributed by atoms with Crippen molar-refractivity contribution in [2.24, 2.45) is 5.84 Å². The molecule has 2 rings (SSSR count). The summed E-state index contributed by atoms with van der Waals surface area (Å²) in [5.41, 5.74) is 6.60. The fourth-order valence-corrected chi connectivity index (χ4v) is 2.97. The van der Waals surface area contributed by atoms with Crippen LogP contribution in [0, 0.1) is 19.7 Å². The van der Waals surface area contributed by atoms with Crippen LogP contribution in [0.5, 0.6) is 0 Å². The minimum Gasteiger partial charge on any atom is -0.271 e. The highest BCUT2D eigenvalue weighted by Crippen LogP contribution is 2.31. The maximum Gasteiger partial charge on any atom is 0.147 e. The SMILES string of the molecule is Cc1cc(C)cc(CC(NN)c2ccc(Br)c(Cl)c2F)c1. The first-order chi connectivity index (χ1) is 9.92. The summed E-state index contributed by atoms with van der Waals surface area (Å²) in [7, 11) is 0. The molecule has 0 bridgehead atoms. The monoisotopic (exact) mass is 370 g/mol. The summed E-state index contributed by atoms with van der Waals surface area (Å²) in [5.74, 6) is 5.17. The predicted molar refractivity (Wildman–Crippen MR) is 88.8 cm³/mol. The molecule has 2 aromatic carbocycles. The second kappa shape index (κ2) is 6.88. The Morgan fingerprint density at radius 3 is 2.43 bits per heavy atom. The average Bonchev–Trinajstić information content (AvgIpc) is 2.42. The van der Waals surface area contributed by atoms with Gasteiger partial charge in [0.2, 0.25) is 0 Å². The van der Waals surface area contributed by atoms with Gasteiger partial charge < -0.3 is 0 Å². The lowest BCUT2D eigenvalue weighted by Crippen LogP contribution is -2.30. The Hall–Kier alpha value is -0.940. The number of hydrogen-bond donors (Lipinski definition) is 2. The van der Waals surface area contributed by atoms with Gasteiger partial charge in [0.25, 0.3) is 0 Å². The molecule has 21 heavy (non-hydrogen) atoms. The minimum atomic E-state index is -0.446. The normalized spacial score (nSPS) is 12.5. The van der Waals surface area contributed by atoms with Gasteiger partial charge in [0.05, 0.1) is 11.1 Å². The Bertz CT molecular complexity index is 641. The predicted octanol–water partition coefficient (Wildman–Crippen LogP) is 4.61. The molecule has 2 aromatic rings. The van der Waals surface area contributed by atoms with E-state index in [-0.39, 0.29) is 11.1 Å². The molecule has 0 fully saturated rings. The van der Waals surface area contributed by atoms with Crippen molar-refractivity contribution in [3.8, 4) is 0 Å². The smallest absolute Gasteiger partial charge is 0.147 e. The fraction of sp³-hybridized carbons (Fsp3) is 0.250. The zero-order valence-electron chi connectivity index (χ0n) is 11.9. The number of hydrazine groups is 1. The molecule has 0 aliphatic carbocycles. The van der Waals surface area contributed by atoms with Crippen LogP contribution in [0.2, 0.25) is 5.02 Å². The molecular weight excluding hydrogens is 355 g/mol. The third kappa shape index (κ3) is 3.83. The second-order valence-electron chi connectivity index (χ2n) is 5.18. The minimum absolute atomic E-state index is 0.0770. The molecule has 0 spiro atoms. The molecule has 0 aromatic heterocycles. The molecule has 0 aliphatic heterocycles. The Labute approximate surface area is 137 Å². The van der Waals surface area contributed by atoms with Gasteiger partial charge in [-0.1, -0.05) is 47.0 Å². The first kappa shape index (κ1) is 16.4. The van der Waals surface area contributed by atoms with Crippen LogP contribution in [0.4, 0.5) is 4.39 Å². The lowest BCUT2D eigenvalue weighted by atomic mass is 9.96. The number of benzene rings is 2. The van der Waals surface area contributed by atoms with E-state index in [0.29, 0.717) is 16.5 Å². The van der Waals surface area contributed by atoms with E-state index >= 15 is 0 Å². The van der Waals surface area contributed by atoms with Gasteiger partial charge in [-0.3, -0.25) is 11.3 Å². The van der Waals surface area contributed by atoms with E-state index in [9.17, 15) is 4.39 Å². The summed E-state index contributed by atoms with van der Waals surface area (Å²) in [6, 6.07) is 9.35. The van der Waals surface area contributed by atoms with E-state index in [2.05, 4.69) is 39.6 Å². The Morgan fingerprint density at radius 1 is 1.24 bits per heavy atom. The second-order valence-corrected chi connectivity index (χ2v) is 6.42. The van der Waals surface area contributed by atoms with Crippen molar-refractivity contribution in [1.29, 1.82) is 0 Å². The largest absolute Gasteiger partial charge is 0.271 e. The Morgan fingerprint density at radius 2 is 1.86 bits per heavy atom. The zero-order valence-corrected chi connectivity index (χ0v) is 14.2. The first-order valence-corrected chi connectivity index (χ1v) is 7.76. The summed E-state index contributed by atoms with van der Waals surface area (Å²) in [4.78, 5) is 0. The lowest BCUT2D eigenvalue weighted by molar-refractivity contribution is 0.510. The molecule has 5 heteroatoms. The highest BCUT2D eigenvalue weighted by Gasteiger charge is 2.18. The Kier molecular flexibility index (Phi) is 5.38. The van der Waals surface area contributed by atoms with E-state index in [1.165, 1.54) is 11.1 Å². The maximum atomic E-state index is 14.3. The third-order valence-corrected chi connectivity index (χ3v) is 4.62. The number of hydrogen-bond acceptors (Lipinski definition) is 2. The number of halogens is 3. The van der Waals surface area contributed by atoms with Crippen LogP contribution in [0.3, 0.4) is 0 Å². The van der Waals surface area contributed by atoms with Gasteiger partial charge in [0.1, 0.15) is 5.82 Å². The van der Waals surface area contributed by atoms with Crippen molar-refractivity contribution in [1.82, 2.24) is 5.43 Å². The van der Waals surface area contributed by atoms with E-state index in [1.807, 2.05) is 13.8 Å². The standard InChI is InChI=1S/C16H17BrClFN2/c1-9-5-10(2)7-11(6-9)8-14(21-20)12-3-4-13(17)15(18)16(12)19/h3-7,14,21H,8,20H2,1-2H3. The topological polar surface area (TPSA) is 38.0 Å². The van der Waals surface area contributed by atoms with Crippen molar-refractivity contribution in [2.45, 2.75) is 26.3 Å². The molecule has 112 valence electrons. The highest BCUT2D eigenvalue weighted by molar-refractivity contribution is 9.10. The van der Waals surface area contributed by atoms with E-state index in [4.69, 9.17) is 17.4 Å². The molecule has 0 saturated heterocycles. The van der Waals surface area contributed by atoms with Gasteiger partial charge in [0.15, 0.2) is 0 Å². The van der Waals surface area contributed by atoms with Gasteiger partial charge in [-0.15, -0.1) is 0 Å². The molecular formula is C16H17BrClFN2. The van der Waals surface area contributed by atoms with Crippen LogP contribution in [-0.4, -0.2) is 0 Å². The summed E-state index contributed by atoms with van der Waals surface area (Å²) >= 11 is 9.16. The molecule has 1 unspecified atom stereocenters. The van der Waals surface area contributed by atoms with Crippen molar-refractivity contribution in [2.75, 3.05) is 0 Å². The van der Waals surface area contributed by atoms with Gasteiger partial charge in [-0.25, -0.2) is 4.39 Å². The number of nitrogens with two attached hydrogens (primary N) is 1. The number of aryl methyl sites for hydroxylation is 2. The van der Waals surface area contributed by atoms with Crippen molar-refractivity contribution >= 4 is 27.5 Å². The first-order valence-electron chi connectivity index (χ1n) is 6.59. The highest BCUT2D eigenvalue weighted by atomic mass is 79.9. The van der Waals surface area contributed by atoms with Gasteiger partial charge in [0, 0.05) is 10.0 Å². The van der Waals surface area contributed by atoms with E-state index in [0.717, 1.165) is 5.56 Å². The maximum absolute atomic E-state index is 14.3. The van der Waals surface area contributed by atoms with Gasteiger partial charge >= 0.3 is 0 Å². The Balaban J connectivity index is 2.34. The van der Waals surface area contributed by atoms with Crippen molar-refractivity contribution < 1.29 is 4.39 Å². The summed E-state index contributed by atoms with van der Waals surface area (Å²) in [5, 5.41) is 0.0770. The van der Waals surface area contributed by atoms with Crippen LogP contribution in [0.25, 0.3) is 0 Å². The third-order valence-electron chi connectivity index (χ3n) is 3.36. The lowest BCUT2D eigenvalue weighted by Gasteiger charge is -2.18. The fourth-order valence-electron chi connectivity index (χ4n) is 2.49. The molecule has 0 heterocycles. The summed E-state index contributed by atoms with van der Waals surface area (Å²) in [6.07, 6.45) is 0.591. The van der Waals surface area contributed by atoms with Gasteiger partial charge in [-0.05, 0) is 47.8 Å². The van der Waals surface area contributed by atoms with Crippen LogP contribution in [0.15, 0.2) is 34.8 Å². The molecule has 3 N–H and O–H groups in total. The molecule has 1 atom stereocenters. The van der Waals surface area contributed by atoms with Gasteiger partial charge in [-0.2, -0.15) is 0 Å². The number of nitrogens with one attached hydrogen (secondary N) is 1. The summed E-state index contributed by atoms with van der Waals surface area (Å²) in [6.45, 7) is 4.08. The number of rotatable bonds is 4.